The molecule has 2 N–H and O–H groups in total. The minimum absolute atomic E-state index is 0.0491. The first-order valence-corrected chi connectivity index (χ1v) is 5.81. The van der Waals surface area contributed by atoms with Crippen molar-refractivity contribution in [3.63, 3.8) is 0 Å². The van der Waals surface area contributed by atoms with E-state index in [1.165, 1.54) is 18.3 Å². The second-order valence-corrected chi connectivity index (χ2v) is 4.16. The summed E-state index contributed by atoms with van der Waals surface area (Å²) in [5.41, 5.74) is 5.99. The summed E-state index contributed by atoms with van der Waals surface area (Å²) in [5, 5.41) is 10.9. The third kappa shape index (κ3) is 2.89. The van der Waals surface area contributed by atoms with Crippen molar-refractivity contribution < 1.29 is 14.1 Å². The number of rotatable bonds is 4. The van der Waals surface area contributed by atoms with Gasteiger partial charge < -0.3 is 10.5 Å². The van der Waals surface area contributed by atoms with Crippen LogP contribution in [-0.4, -0.2) is 9.91 Å². The molecule has 0 saturated carbocycles. The predicted molar refractivity (Wildman–Crippen MR) is 70.0 cm³/mol. The van der Waals surface area contributed by atoms with Crippen molar-refractivity contribution in [1.29, 1.82) is 0 Å². The topological polar surface area (TPSA) is 91.3 Å². The normalized spacial score (nSPS) is 11.9. The fourth-order valence-electron chi connectivity index (χ4n) is 1.61. The molecule has 1 atom stereocenters. The lowest BCUT2D eigenvalue weighted by molar-refractivity contribution is -0.385. The Morgan fingerprint density at radius 3 is 2.85 bits per heavy atom. The summed E-state index contributed by atoms with van der Waals surface area (Å²) in [6.45, 7) is 1.77. The molecule has 0 aliphatic rings. The Bertz CT molecular complexity index is 647. The van der Waals surface area contributed by atoms with Gasteiger partial charge in [-0.1, -0.05) is 6.07 Å². The summed E-state index contributed by atoms with van der Waals surface area (Å²) in [4.78, 5) is 14.0. The molecule has 0 unspecified atom stereocenters. The molecule has 0 spiro atoms. The molecule has 6 nitrogen and oxygen atoms in total. The van der Waals surface area contributed by atoms with E-state index < -0.39 is 22.2 Å². The zero-order valence-electron chi connectivity index (χ0n) is 10.6. The maximum Gasteiger partial charge on any atom is 0.314 e. The van der Waals surface area contributed by atoms with Gasteiger partial charge >= 0.3 is 5.69 Å². The van der Waals surface area contributed by atoms with Crippen LogP contribution in [-0.2, 0) is 0 Å². The second-order valence-electron chi connectivity index (χ2n) is 4.16. The number of benzene rings is 1. The number of nitro groups is 1. The van der Waals surface area contributed by atoms with E-state index in [1.54, 1.807) is 13.0 Å². The number of nitro benzene ring substituents is 1. The average molecular weight is 277 g/mol. The minimum Gasteiger partial charge on any atom is -0.429 e. The number of nitrogens with zero attached hydrogens (tertiary/aromatic N) is 2. The van der Waals surface area contributed by atoms with Gasteiger partial charge in [0.25, 0.3) is 0 Å². The van der Waals surface area contributed by atoms with Gasteiger partial charge in [0, 0.05) is 24.4 Å². The third-order valence-corrected chi connectivity index (χ3v) is 2.63. The molecule has 0 aliphatic carbocycles. The van der Waals surface area contributed by atoms with Crippen molar-refractivity contribution in [2.75, 3.05) is 0 Å². The highest BCUT2D eigenvalue weighted by atomic mass is 19.1. The molecule has 7 heteroatoms. The van der Waals surface area contributed by atoms with Crippen molar-refractivity contribution >= 4 is 5.69 Å². The quantitative estimate of drug-likeness (QED) is 0.685. The first kappa shape index (κ1) is 13.9. The van der Waals surface area contributed by atoms with Gasteiger partial charge in [0.2, 0.25) is 11.6 Å². The van der Waals surface area contributed by atoms with E-state index in [2.05, 4.69) is 4.98 Å². The van der Waals surface area contributed by atoms with E-state index in [1.807, 2.05) is 0 Å². The second kappa shape index (κ2) is 5.62. The first-order chi connectivity index (χ1) is 9.49. The van der Waals surface area contributed by atoms with E-state index in [0.29, 0.717) is 0 Å². The van der Waals surface area contributed by atoms with Crippen LogP contribution in [0.4, 0.5) is 10.1 Å². The number of pyridine rings is 1. The summed E-state index contributed by atoms with van der Waals surface area (Å²) < 4.78 is 18.9. The smallest absolute Gasteiger partial charge is 0.314 e. The molecular formula is C13H12FN3O3. The monoisotopic (exact) mass is 277 g/mol. The van der Waals surface area contributed by atoms with Gasteiger partial charge in [-0.25, -0.2) is 9.37 Å². The van der Waals surface area contributed by atoms with Crippen LogP contribution in [0.25, 0.3) is 0 Å². The molecule has 0 radical (unpaired) electrons. The van der Waals surface area contributed by atoms with Gasteiger partial charge in [-0.05, 0) is 24.6 Å². The molecule has 0 fully saturated rings. The Labute approximate surface area is 114 Å². The fraction of sp³-hybridized carbons (Fsp3) is 0.154. The zero-order valence-corrected chi connectivity index (χ0v) is 10.6. The van der Waals surface area contributed by atoms with Crippen LogP contribution >= 0.6 is 0 Å². The van der Waals surface area contributed by atoms with Crippen molar-refractivity contribution in [2.24, 2.45) is 5.73 Å². The molecular weight excluding hydrogens is 265 g/mol. The van der Waals surface area contributed by atoms with Gasteiger partial charge in [0.15, 0.2) is 5.82 Å². The van der Waals surface area contributed by atoms with Crippen LogP contribution in [0, 0.1) is 15.9 Å². The number of hydrogen-bond acceptors (Lipinski definition) is 5. The lowest BCUT2D eigenvalue weighted by Crippen LogP contribution is -2.05. The van der Waals surface area contributed by atoms with Gasteiger partial charge in [0.05, 0.1) is 4.92 Å². The van der Waals surface area contributed by atoms with Crippen molar-refractivity contribution in [2.45, 2.75) is 13.0 Å². The number of aromatic nitrogens is 1. The fourth-order valence-corrected chi connectivity index (χ4v) is 1.61. The lowest BCUT2D eigenvalue weighted by Gasteiger charge is -2.09. The Morgan fingerprint density at radius 1 is 1.45 bits per heavy atom. The van der Waals surface area contributed by atoms with E-state index in [-0.39, 0.29) is 11.9 Å². The highest BCUT2D eigenvalue weighted by molar-refractivity contribution is 5.48. The number of hydrogen-bond donors (Lipinski definition) is 1. The van der Waals surface area contributed by atoms with Gasteiger partial charge in [0.1, 0.15) is 0 Å². The maximum absolute atomic E-state index is 13.7. The Kier molecular flexibility index (Phi) is 3.90. The Hall–Kier alpha value is -2.54. The number of halogens is 1. The molecule has 1 aromatic heterocycles. The third-order valence-electron chi connectivity index (χ3n) is 2.63. The Morgan fingerprint density at radius 2 is 2.20 bits per heavy atom. The highest BCUT2D eigenvalue weighted by Crippen LogP contribution is 2.33. The molecule has 0 aliphatic heterocycles. The maximum atomic E-state index is 13.7. The van der Waals surface area contributed by atoms with E-state index in [9.17, 15) is 14.5 Å². The van der Waals surface area contributed by atoms with Crippen molar-refractivity contribution in [1.82, 2.24) is 4.98 Å². The molecule has 0 saturated heterocycles. The van der Waals surface area contributed by atoms with E-state index in [0.717, 1.165) is 17.7 Å². The lowest BCUT2D eigenvalue weighted by atomic mass is 10.1. The van der Waals surface area contributed by atoms with Gasteiger partial charge in [-0.15, -0.1) is 0 Å². The Balaban J connectivity index is 2.40. The van der Waals surface area contributed by atoms with Crippen molar-refractivity contribution in [3.8, 4) is 11.6 Å². The minimum atomic E-state index is -0.827. The molecule has 2 aromatic rings. The molecule has 1 aromatic carbocycles. The molecule has 104 valence electrons. The summed E-state index contributed by atoms with van der Waals surface area (Å²) >= 11 is 0. The number of nitrogens with two attached hydrogens (primary N) is 1. The summed E-state index contributed by atoms with van der Waals surface area (Å²) in [6, 6.07) is 6.43. The van der Waals surface area contributed by atoms with Crippen LogP contribution in [0.1, 0.15) is 18.5 Å². The van der Waals surface area contributed by atoms with Crippen LogP contribution < -0.4 is 10.5 Å². The summed E-state index contributed by atoms with van der Waals surface area (Å²) in [6.07, 6.45) is 1.45. The van der Waals surface area contributed by atoms with E-state index >= 15 is 0 Å². The van der Waals surface area contributed by atoms with Gasteiger partial charge in [-0.2, -0.15) is 0 Å². The number of para-hydroxylation sites is 1. The van der Waals surface area contributed by atoms with Gasteiger partial charge in [-0.3, -0.25) is 10.1 Å². The highest BCUT2D eigenvalue weighted by Gasteiger charge is 2.20. The van der Waals surface area contributed by atoms with Crippen LogP contribution in [0.2, 0.25) is 0 Å². The summed E-state index contributed by atoms with van der Waals surface area (Å²) in [5.74, 6) is -1.24. The van der Waals surface area contributed by atoms with Crippen LogP contribution in [0.5, 0.6) is 11.6 Å². The molecule has 0 bridgehead atoms. The van der Waals surface area contributed by atoms with Crippen LogP contribution in [0.3, 0.4) is 0 Å². The molecule has 1 heterocycles. The standard InChI is InChI=1S/C13H12FN3O3/c1-8(15)9-5-6-16-12(7-9)20-13-10(14)3-2-4-11(13)17(18)19/h2-8H,15H2,1H3/t8-/m0/s1. The predicted octanol–water partition coefficient (Wildman–Crippen LogP) is 2.94. The molecule has 2 rings (SSSR count). The average Bonchev–Trinajstić information content (AvgIpc) is 2.41. The summed E-state index contributed by atoms with van der Waals surface area (Å²) in [7, 11) is 0. The number of ether oxygens (including phenoxy) is 1. The van der Waals surface area contributed by atoms with Crippen LogP contribution in [0.15, 0.2) is 36.5 Å². The largest absolute Gasteiger partial charge is 0.429 e. The molecule has 20 heavy (non-hydrogen) atoms. The zero-order chi connectivity index (χ0) is 14.7. The SMILES string of the molecule is C[C@H](N)c1ccnc(Oc2c(F)cccc2[N+](=O)[O-])c1. The molecule has 0 amide bonds. The first-order valence-electron chi connectivity index (χ1n) is 5.81. The van der Waals surface area contributed by atoms with Crippen molar-refractivity contribution in [3.05, 3.63) is 58.0 Å². The van der Waals surface area contributed by atoms with E-state index in [4.69, 9.17) is 10.5 Å².